The Morgan fingerprint density at radius 1 is 0.515 bits per heavy atom. The molecule has 0 aromatic heterocycles. The highest BCUT2D eigenvalue weighted by Crippen LogP contribution is 2.24. The lowest BCUT2D eigenvalue weighted by Crippen LogP contribution is -2.54. The molecule has 4 amide bonds. The maximum absolute atomic E-state index is 14.6. The highest BCUT2D eigenvalue weighted by molar-refractivity contribution is 5.94. The summed E-state index contributed by atoms with van der Waals surface area (Å²) in [5.41, 5.74) is 1.12. The molecule has 378 valence electrons. The summed E-state index contributed by atoms with van der Waals surface area (Å²) >= 11 is 0. The Kier molecular flexibility index (Phi) is 23.4. The van der Waals surface area contributed by atoms with Gasteiger partial charge in [0.25, 0.3) is 23.6 Å². The summed E-state index contributed by atoms with van der Waals surface area (Å²) in [4.78, 5) is 119. The van der Waals surface area contributed by atoms with Gasteiger partial charge < -0.3 is 38.5 Å². The molecule has 0 bridgehead atoms. The summed E-state index contributed by atoms with van der Waals surface area (Å²) in [6.45, 7) is 25.0. The van der Waals surface area contributed by atoms with E-state index in [1.54, 1.807) is 36.4 Å². The Morgan fingerprint density at radius 3 is 1.18 bits per heavy atom. The van der Waals surface area contributed by atoms with Gasteiger partial charge in [0.1, 0.15) is 24.2 Å². The predicted octanol–water partition coefficient (Wildman–Crippen LogP) is 6.11. The number of benzene rings is 1. The summed E-state index contributed by atoms with van der Waals surface area (Å²) in [5.74, 6) is -7.34. The van der Waals surface area contributed by atoms with Crippen molar-refractivity contribution in [3.8, 4) is 0 Å². The zero-order valence-electron chi connectivity index (χ0n) is 42.9. The van der Waals surface area contributed by atoms with Crippen molar-refractivity contribution in [2.75, 3.05) is 28.2 Å². The van der Waals surface area contributed by atoms with Crippen molar-refractivity contribution in [3.63, 3.8) is 0 Å². The molecule has 0 radical (unpaired) electrons. The number of carbonyl (C=O) groups excluding carboxylic acids is 8. The summed E-state index contributed by atoms with van der Waals surface area (Å²) in [6, 6.07) is 3.79. The number of ether oxygens (including phenoxy) is 4. The normalized spacial score (nSPS) is 25.4. The van der Waals surface area contributed by atoms with Crippen LogP contribution in [0.25, 0.3) is 0 Å². The first kappa shape index (κ1) is 58.3. The van der Waals surface area contributed by atoms with Gasteiger partial charge in [0.05, 0.1) is 0 Å². The van der Waals surface area contributed by atoms with E-state index in [2.05, 4.69) is 13.2 Å². The van der Waals surface area contributed by atoms with E-state index in [9.17, 15) is 38.4 Å². The van der Waals surface area contributed by atoms with Crippen LogP contribution in [0.1, 0.15) is 107 Å². The molecule has 1 saturated heterocycles. The standard InChI is InChI=1S/C52H78N4O12/c1-17-22-37(18-2)29-43-47(59)55(15)39(25-31(3)4)49(61)65-36(12)46(58)54(14)42(28-34(9)10)52(64)68-44(30-38-23-20-19-21-24-38)48(60)56(16)40(26-32(5)6)50(62)66-35(11)45(57)53(13)41(27-33(7)8)51(63)67-43/h17-24,31-36,39-44H,1-2,25-30H2,3-16H3/b37-22+. The fraction of sp³-hybridized carbons (Fsp3) is 0.615. The van der Waals surface area contributed by atoms with Crippen molar-refractivity contribution >= 4 is 47.5 Å². The maximum Gasteiger partial charge on any atom is 0.329 e. The summed E-state index contributed by atoms with van der Waals surface area (Å²) < 4.78 is 23.7. The largest absolute Gasteiger partial charge is 0.451 e. The van der Waals surface area contributed by atoms with E-state index >= 15 is 0 Å². The molecule has 1 aromatic carbocycles. The molecule has 0 aliphatic carbocycles. The Labute approximate surface area is 404 Å². The summed E-state index contributed by atoms with van der Waals surface area (Å²) in [5, 5.41) is 0. The second kappa shape index (κ2) is 27.3. The third-order valence-corrected chi connectivity index (χ3v) is 11.8. The van der Waals surface area contributed by atoms with E-state index in [0.717, 1.165) is 19.6 Å². The second-order valence-electron chi connectivity index (χ2n) is 19.5. The first-order valence-electron chi connectivity index (χ1n) is 23.6. The Balaban J connectivity index is 2.92. The van der Waals surface area contributed by atoms with Crippen LogP contribution in [-0.4, -0.2) is 144 Å². The van der Waals surface area contributed by atoms with Crippen LogP contribution in [0.15, 0.2) is 67.3 Å². The Morgan fingerprint density at radius 2 is 0.838 bits per heavy atom. The fourth-order valence-corrected chi connectivity index (χ4v) is 7.89. The molecule has 1 aromatic rings. The van der Waals surface area contributed by atoms with Gasteiger partial charge in [-0.25, -0.2) is 19.2 Å². The molecular weight excluding hydrogens is 873 g/mol. The molecule has 68 heavy (non-hydrogen) atoms. The zero-order chi connectivity index (χ0) is 51.7. The van der Waals surface area contributed by atoms with Gasteiger partial charge in [-0.15, -0.1) is 0 Å². The van der Waals surface area contributed by atoms with Crippen LogP contribution in [0.2, 0.25) is 0 Å². The van der Waals surface area contributed by atoms with Gasteiger partial charge >= 0.3 is 23.9 Å². The van der Waals surface area contributed by atoms with Crippen LogP contribution < -0.4 is 0 Å². The number of cyclic esters (lactones) is 4. The number of likely N-dealkylation sites (N-methyl/N-ethyl adjacent to an activating group) is 4. The second-order valence-corrected chi connectivity index (χ2v) is 19.5. The topological polar surface area (TPSA) is 186 Å². The van der Waals surface area contributed by atoms with Crippen molar-refractivity contribution in [2.45, 2.75) is 156 Å². The van der Waals surface area contributed by atoms with Gasteiger partial charge in [-0.1, -0.05) is 117 Å². The highest BCUT2D eigenvalue weighted by Gasteiger charge is 2.43. The molecule has 1 fully saturated rings. The molecule has 1 heterocycles. The molecule has 2 rings (SSSR count). The van der Waals surface area contributed by atoms with Crippen LogP contribution in [0.4, 0.5) is 0 Å². The average Bonchev–Trinajstić information content (AvgIpc) is 3.27. The number of amides is 4. The minimum Gasteiger partial charge on any atom is -0.451 e. The maximum atomic E-state index is 14.6. The molecule has 16 nitrogen and oxygen atoms in total. The number of hydrogen-bond donors (Lipinski definition) is 0. The predicted molar refractivity (Wildman–Crippen MR) is 258 cm³/mol. The van der Waals surface area contributed by atoms with Crippen molar-refractivity contribution in [1.82, 2.24) is 19.6 Å². The van der Waals surface area contributed by atoms with Gasteiger partial charge in [0, 0.05) is 41.0 Å². The van der Waals surface area contributed by atoms with Crippen molar-refractivity contribution in [3.05, 3.63) is 72.9 Å². The summed E-state index contributed by atoms with van der Waals surface area (Å²) in [7, 11) is 5.50. The SMILES string of the molecule is C=C/C=C(\C=C)CC1OC(=O)C(CC(C)C)N(C)C(=O)C(C)OC(=O)C(CC(C)C)N(C)C(=O)C(Cc2ccccc2)OC(=O)C(CC(C)C)N(C)C(=O)C(C)OC(=O)C(CC(C)C)N(C)C1=O. The third kappa shape index (κ3) is 17.1. The van der Waals surface area contributed by atoms with Crippen molar-refractivity contribution < 1.29 is 57.3 Å². The highest BCUT2D eigenvalue weighted by atomic mass is 16.6. The Hall–Kier alpha value is -5.80. The molecule has 0 saturated carbocycles. The van der Waals surface area contributed by atoms with E-state index < -0.39 is 96.1 Å². The molecule has 0 N–H and O–H groups in total. The molecule has 8 atom stereocenters. The quantitative estimate of drug-likeness (QED) is 0.119. The Bertz CT molecular complexity index is 1950. The first-order valence-corrected chi connectivity index (χ1v) is 23.6. The van der Waals surface area contributed by atoms with Crippen LogP contribution in [0.3, 0.4) is 0 Å². The molecular formula is C52H78N4O12. The number of rotatable bonds is 14. The van der Waals surface area contributed by atoms with Crippen LogP contribution in [0, 0.1) is 23.7 Å². The van der Waals surface area contributed by atoms with Crippen molar-refractivity contribution in [2.24, 2.45) is 23.7 Å². The van der Waals surface area contributed by atoms with Gasteiger partial charge in [0.2, 0.25) is 0 Å². The molecule has 1 aliphatic rings. The monoisotopic (exact) mass is 951 g/mol. The van der Waals surface area contributed by atoms with E-state index in [4.69, 9.17) is 18.9 Å². The van der Waals surface area contributed by atoms with E-state index in [-0.39, 0.29) is 62.2 Å². The minimum atomic E-state index is -1.54. The van der Waals surface area contributed by atoms with E-state index in [0.29, 0.717) is 11.1 Å². The number of hydrogen-bond acceptors (Lipinski definition) is 12. The molecule has 16 heteroatoms. The number of carbonyl (C=O) groups is 8. The zero-order valence-corrected chi connectivity index (χ0v) is 42.9. The van der Waals surface area contributed by atoms with Crippen LogP contribution in [-0.2, 0) is 63.7 Å². The fourth-order valence-electron chi connectivity index (χ4n) is 7.89. The number of nitrogens with zero attached hydrogens (tertiary/aromatic N) is 4. The smallest absolute Gasteiger partial charge is 0.329 e. The van der Waals surface area contributed by atoms with Gasteiger partial charge in [-0.2, -0.15) is 0 Å². The number of allylic oxidation sites excluding steroid dienone is 3. The van der Waals surface area contributed by atoms with Gasteiger partial charge in [0.15, 0.2) is 24.4 Å². The summed E-state index contributed by atoms with van der Waals surface area (Å²) in [6.07, 6.45) is -1.29. The number of esters is 4. The van der Waals surface area contributed by atoms with Crippen molar-refractivity contribution in [1.29, 1.82) is 0 Å². The lowest BCUT2D eigenvalue weighted by molar-refractivity contribution is -0.176. The van der Waals surface area contributed by atoms with Crippen LogP contribution >= 0.6 is 0 Å². The average molecular weight is 951 g/mol. The van der Waals surface area contributed by atoms with Gasteiger partial charge in [-0.05, 0) is 74.3 Å². The lowest BCUT2D eigenvalue weighted by atomic mass is 10.00. The molecule has 8 unspecified atom stereocenters. The van der Waals surface area contributed by atoms with Gasteiger partial charge in [-0.3, -0.25) is 19.2 Å². The molecule has 1 aliphatic heterocycles. The van der Waals surface area contributed by atoms with Crippen LogP contribution in [0.5, 0.6) is 0 Å². The van der Waals surface area contributed by atoms with E-state index in [1.165, 1.54) is 54.2 Å². The first-order chi connectivity index (χ1) is 31.7. The third-order valence-electron chi connectivity index (χ3n) is 11.8. The minimum absolute atomic E-state index is 0.0872. The molecule has 0 spiro atoms. The lowest BCUT2D eigenvalue weighted by Gasteiger charge is -2.35. The van der Waals surface area contributed by atoms with E-state index in [1.807, 2.05) is 55.4 Å².